The van der Waals surface area contributed by atoms with Crippen LogP contribution >= 0.6 is 11.3 Å². The summed E-state index contributed by atoms with van der Waals surface area (Å²) < 4.78 is 1.78. The van der Waals surface area contributed by atoms with Crippen LogP contribution < -0.4 is 5.32 Å². The van der Waals surface area contributed by atoms with Crippen molar-refractivity contribution in [2.45, 2.75) is 20.4 Å². The van der Waals surface area contributed by atoms with Crippen molar-refractivity contribution >= 4 is 23.1 Å². The Bertz CT molecular complexity index is 1100. The molecule has 1 amide bonds. The Kier molecular flexibility index (Phi) is 5.04. The van der Waals surface area contributed by atoms with Crippen molar-refractivity contribution in [1.82, 2.24) is 14.8 Å². The van der Waals surface area contributed by atoms with Crippen molar-refractivity contribution in [2.75, 3.05) is 5.32 Å². The molecule has 4 rings (SSSR count). The number of anilines is 1. The van der Waals surface area contributed by atoms with Crippen molar-refractivity contribution < 1.29 is 4.79 Å². The van der Waals surface area contributed by atoms with Crippen LogP contribution in [-0.4, -0.2) is 20.7 Å². The van der Waals surface area contributed by atoms with Gasteiger partial charge >= 0.3 is 0 Å². The topological polar surface area (TPSA) is 59.8 Å². The normalized spacial score (nSPS) is 10.8. The molecule has 0 bridgehead atoms. The quantitative estimate of drug-likeness (QED) is 0.528. The van der Waals surface area contributed by atoms with E-state index in [1.165, 1.54) is 5.56 Å². The predicted octanol–water partition coefficient (Wildman–Crippen LogP) is 4.92. The lowest BCUT2D eigenvalue weighted by Gasteiger charge is -2.11. The van der Waals surface area contributed by atoms with Gasteiger partial charge in [0, 0.05) is 6.07 Å². The molecule has 5 nitrogen and oxygen atoms in total. The van der Waals surface area contributed by atoms with E-state index in [0.29, 0.717) is 23.6 Å². The van der Waals surface area contributed by atoms with Crippen LogP contribution in [-0.2, 0) is 6.54 Å². The number of nitrogens with one attached hydrogen (secondary N) is 1. The number of aromatic nitrogens is 3. The summed E-state index contributed by atoms with van der Waals surface area (Å²) in [6.45, 7) is 4.51. The molecule has 0 aliphatic rings. The van der Waals surface area contributed by atoms with Crippen molar-refractivity contribution in [3.63, 3.8) is 0 Å². The van der Waals surface area contributed by atoms with Crippen molar-refractivity contribution in [1.29, 1.82) is 0 Å². The molecule has 0 spiro atoms. The van der Waals surface area contributed by atoms with Crippen LogP contribution in [0.1, 0.15) is 27.2 Å². The second-order valence-electron chi connectivity index (χ2n) is 6.62. The maximum absolute atomic E-state index is 12.8. The van der Waals surface area contributed by atoms with Crippen molar-refractivity contribution in [2.24, 2.45) is 0 Å². The van der Waals surface area contributed by atoms with Crippen LogP contribution in [0.2, 0.25) is 0 Å². The van der Waals surface area contributed by atoms with E-state index in [2.05, 4.69) is 46.6 Å². The summed E-state index contributed by atoms with van der Waals surface area (Å²) in [6, 6.07) is 17.8. The molecule has 0 unspecified atom stereocenters. The number of rotatable bonds is 5. The number of aryl methyl sites for hydroxylation is 2. The van der Waals surface area contributed by atoms with Crippen LogP contribution in [0.5, 0.6) is 0 Å². The predicted molar refractivity (Wildman–Crippen MR) is 113 cm³/mol. The van der Waals surface area contributed by atoms with Crippen molar-refractivity contribution in [3.8, 4) is 10.6 Å². The minimum Gasteiger partial charge on any atom is -0.307 e. The molecular weight excluding hydrogens is 368 g/mol. The summed E-state index contributed by atoms with van der Waals surface area (Å²) in [7, 11) is 0. The number of hydrogen-bond donors (Lipinski definition) is 1. The Balaban J connectivity index is 1.51. The molecule has 3 heterocycles. The lowest BCUT2D eigenvalue weighted by molar-refractivity contribution is 0.102. The van der Waals surface area contributed by atoms with Gasteiger partial charge in [0.15, 0.2) is 0 Å². The highest BCUT2D eigenvalue weighted by Gasteiger charge is 2.14. The lowest BCUT2D eigenvalue weighted by atomic mass is 10.1. The Hall–Kier alpha value is -3.25. The number of carbonyl (C=O) groups is 1. The van der Waals surface area contributed by atoms with Crippen LogP contribution in [0.25, 0.3) is 10.6 Å². The van der Waals surface area contributed by atoms with E-state index in [4.69, 9.17) is 0 Å². The molecule has 0 aliphatic carbocycles. The van der Waals surface area contributed by atoms with Gasteiger partial charge in [0.1, 0.15) is 5.82 Å². The average molecular weight is 388 g/mol. The summed E-state index contributed by atoms with van der Waals surface area (Å²) >= 11 is 1.63. The van der Waals surface area contributed by atoms with E-state index in [-0.39, 0.29) is 5.91 Å². The Morgan fingerprint density at radius 1 is 1.07 bits per heavy atom. The van der Waals surface area contributed by atoms with Gasteiger partial charge in [-0.05, 0) is 43.0 Å². The second-order valence-corrected chi connectivity index (χ2v) is 7.57. The molecule has 0 atom stereocenters. The number of thiophene rings is 1. The van der Waals surface area contributed by atoms with E-state index < -0.39 is 0 Å². The number of nitrogens with zero attached hydrogens (tertiary/aromatic N) is 3. The van der Waals surface area contributed by atoms with Gasteiger partial charge < -0.3 is 5.32 Å². The van der Waals surface area contributed by atoms with Crippen LogP contribution in [0.3, 0.4) is 0 Å². The summed E-state index contributed by atoms with van der Waals surface area (Å²) in [5.74, 6) is 0.473. The Morgan fingerprint density at radius 3 is 2.61 bits per heavy atom. The fourth-order valence-corrected chi connectivity index (χ4v) is 3.67. The van der Waals surface area contributed by atoms with Gasteiger partial charge in [-0.3, -0.25) is 9.78 Å². The molecule has 3 aromatic heterocycles. The average Bonchev–Trinajstić information content (AvgIpc) is 3.36. The first-order valence-electron chi connectivity index (χ1n) is 9.00. The first kappa shape index (κ1) is 18.1. The van der Waals surface area contributed by atoms with Crippen LogP contribution in [0.4, 0.5) is 5.82 Å². The van der Waals surface area contributed by atoms with Crippen LogP contribution in [0.15, 0.2) is 66.2 Å². The first-order chi connectivity index (χ1) is 13.6. The Labute approximate surface area is 167 Å². The van der Waals surface area contributed by atoms with E-state index in [1.807, 2.05) is 36.6 Å². The van der Waals surface area contributed by atoms with Crippen LogP contribution in [0, 0.1) is 13.8 Å². The summed E-state index contributed by atoms with van der Waals surface area (Å²) in [6.07, 6.45) is 1.69. The van der Waals surface area contributed by atoms with Gasteiger partial charge in [-0.1, -0.05) is 35.9 Å². The molecule has 4 aromatic rings. The highest BCUT2D eigenvalue weighted by atomic mass is 32.1. The molecule has 0 aliphatic heterocycles. The maximum atomic E-state index is 12.8. The number of hydrogen-bond acceptors (Lipinski definition) is 4. The first-order valence-corrected chi connectivity index (χ1v) is 9.88. The molecule has 0 fully saturated rings. The zero-order valence-electron chi connectivity index (χ0n) is 15.7. The van der Waals surface area contributed by atoms with E-state index >= 15 is 0 Å². The zero-order valence-corrected chi connectivity index (χ0v) is 16.5. The molecule has 0 saturated heterocycles. The summed E-state index contributed by atoms with van der Waals surface area (Å²) in [5.41, 5.74) is 4.49. The molecular formula is C22H20N4OS. The number of carbonyl (C=O) groups excluding carboxylic acids is 1. The molecule has 28 heavy (non-hydrogen) atoms. The standard InChI is InChI=1S/C22H20N4OS/c1-15-5-7-17(8-6-15)14-26-21(11-12-23-26)25-22(27)18-9-10-19(24-16(18)2)20-4-3-13-28-20/h3-13H,14H2,1-2H3,(H,25,27). The number of amides is 1. The molecule has 0 saturated carbocycles. The highest BCUT2D eigenvalue weighted by molar-refractivity contribution is 7.13. The van der Waals surface area contributed by atoms with Gasteiger partial charge in [0.25, 0.3) is 5.91 Å². The van der Waals surface area contributed by atoms with Gasteiger partial charge in [-0.25, -0.2) is 4.68 Å². The highest BCUT2D eigenvalue weighted by Crippen LogP contribution is 2.24. The van der Waals surface area contributed by atoms with Crippen molar-refractivity contribution in [3.05, 3.63) is 88.6 Å². The molecule has 140 valence electrons. The van der Waals surface area contributed by atoms with E-state index in [0.717, 1.165) is 16.1 Å². The third-order valence-corrected chi connectivity index (χ3v) is 5.41. The maximum Gasteiger partial charge on any atom is 0.258 e. The van der Waals surface area contributed by atoms with Gasteiger partial charge in [0.2, 0.25) is 0 Å². The SMILES string of the molecule is Cc1ccc(Cn2nccc2NC(=O)c2ccc(-c3cccs3)nc2C)cc1. The minimum absolute atomic E-state index is 0.187. The molecule has 1 N–H and O–H groups in total. The van der Waals surface area contributed by atoms with E-state index in [9.17, 15) is 4.79 Å². The molecule has 6 heteroatoms. The fourth-order valence-electron chi connectivity index (χ4n) is 2.98. The lowest BCUT2D eigenvalue weighted by Crippen LogP contribution is -2.17. The van der Waals surface area contributed by atoms with Gasteiger partial charge in [-0.2, -0.15) is 5.10 Å². The summed E-state index contributed by atoms with van der Waals surface area (Å²) in [4.78, 5) is 18.5. The van der Waals surface area contributed by atoms with Gasteiger partial charge in [-0.15, -0.1) is 11.3 Å². The largest absolute Gasteiger partial charge is 0.307 e. The minimum atomic E-state index is -0.187. The zero-order chi connectivity index (χ0) is 19.5. The molecule has 1 aromatic carbocycles. The smallest absolute Gasteiger partial charge is 0.258 e. The number of pyridine rings is 1. The second kappa shape index (κ2) is 7.78. The number of benzene rings is 1. The summed E-state index contributed by atoms with van der Waals surface area (Å²) in [5, 5.41) is 9.31. The molecule has 0 radical (unpaired) electrons. The van der Waals surface area contributed by atoms with E-state index in [1.54, 1.807) is 28.3 Å². The van der Waals surface area contributed by atoms with Gasteiger partial charge in [0.05, 0.1) is 34.6 Å². The fraction of sp³-hybridized carbons (Fsp3) is 0.136. The third-order valence-electron chi connectivity index (χ3n) is 4.52. The monoisotopic (exact) mass is 388 g/mol. The Morgan fingerprint density at radius 2 is 1.89 bits per heavy atom. The third kappa shape index (κ3) is 3.87.